The maximum absolute atomic E-state index is 13.5. The number of hydrogen-bond acceptors (Lipinski definition) is 4. The van der Waals surface area contributed by atoms with Crippen molar-refractivity contribution in [2.24, 2.45) is 0 Å². The van der Waals surface area contributed by atoms with Crippen LogP contribution >= 0.6 is 0 Å². The third-order valence-corrected chi connectivity index (χ3v) is 2.62. The number of ether oxygens (including phenoxy) is 2. The average molecular weight is 283 g/mol. The van der Waals surface area contributed by atoms with Crippen LogP contribution < -0.4 is 10.1 Å². The summed E-state index contributed by atoms with van der Waals surface area (Å²) >= 11 is 0. The molecule has 0 bridgehead atoms. The molecule has 5 heteroatoms. The van der Waals surface area contributed by atoms with Crippen LogP contribution in [0.1, 0.15) is 32.8 Å². The third kappa shape index (κ3) is 5.57. The molecule has 1 N–H and O–H groups in total. The van der Waals surface area contributed by atoms with Gasteiger partial charge in [-0.15, -0.1) is 0 Å². The molecule has 0 amide bonds. The fourth-order valence-corrected chi connectivity index (χ4v) is 1.71. The molecule has 0 aliphatic carbocycles. The molecule has 1 atom stereocenters. The number of esters is 1. The molecule has 20 heavy (non-hydrogen) atoms. The fraction of sp³-hybridized carbons (Fsp3) is 0.533. The number of rotatable bonds is 8. The van der Waals surface area contributed by atoms with Gasteiger partial charge in [-0.3, -0.25) is 0 Å². The van der Waals surface area contributed by atoms with Crippen molar-refractivity contribution in [3.05, 3.63) is 29.6 Å². The maximum atomic E-state index is 13.5. The van der Waals surface area contributed by atoms with Crippen molar-refractivity contribution in [1.82, 2.24) is 5.32 Å². The van der Waals surface area contributed by atoms with E-state index in [9.17, 15) is 9.18 Å². The van der Waals surface area contributed by atoms with Gasteiger partial charge in [0, 0.05) is 12.6 Å². The van der Waals surface area contributed by atoms with E-state index in [2.05, 4.69) is 12.2 Å². The summed E-state index contributed by atoms with van der Waals surface area (Å²) in [6, 6.07) is 4.44. The molecular weight excluding hydrogens is 261 g/mol. The van der Waals surface area contributed by atoms with E-state index in [1.165, 1.54) is 12.1 Å². The predicted molar refractivity (Wildman–Crippen MR) is 75.1 cm³/mol. The van der Waals surface area contributed by atoms with Gasteiger partial charge in [0.2, 0.25) is 0 Å². The van der Waals surface area contributed by atoms with Crippen molar-refractivity contribution in [2.75, 3.05) is 13.2 Å². The van der Waals surface area contributed by atoms with Gasteiger partial charge in [0.15, 0.2) is 6.10 Å². The standard InChI is InChI=1S/C15H22FNO3/c1-4-6-17-10-12-7-13(16)9-14(8-12)20-11(3)15(18)19-5-2/h7-9,11,17H,4-6,10H2,1-3H3. The lowest BCUT2D eigenvalue weighted by atomic mass is 10.2. The minimum atomic E-state index is -0.756. The van der Waals surface area contributed by atoms with E-state index in [0.29, 0.717) is 18.9 Å². The average Bonchev–Trinajstić information content (AvgIpc) is 2.38. The highest BCUT2D eigenvalue weighted by Crippen LogP contribution is 2.18. The van der Waals surface area contributed by atoms with Crippen molar-refractivity contribution in [1.29, 1.82) is 0 Å². The molecule has 0 saturated carbocycles. The summed E-state index contributed by atoms with van der Waals surface area (Å²) in [6.45, 7) is 7.10. The zero-order valence-electron chi connectivity index (χ0n) is 12.2. The normalized spacial score (nSPS) is 12.0. The molecule has 112 valence electrons. The first-order valence-corrected chi connectivity index (χ1v) is 6.90. The van der Waals surface area contributed by atoms with E-state index in [0.717, 1.165) is 18.5 Å². The van der Waals surface area contributed by atoms with Gasteiger partial charge in [0.05, 0.1) is 6.61 Å². The van der Waals surface area contributed by atoms with Gasteiger partial charge in [-0.05, 0) is 44.5 Å². The van der Waals surface area contributed by atoms with Crippen LogP contribution in [0.15, 0.2) is 18.2 Å². The summed E-state index contributed by atoms with van der Waals surface area (Å²) in [6.07, 6.45) is 0.256. The molecule has 0 aliphatic rings. The second-order valence-electron chi connectivity index (χ2n) is 4.48. The first-order chi connectivity index (χ1) is 9.56. The minimum absolute atomic E-state index is 0.294. The van der Waals surface area contributed by atoms with Crippen molar-refractivity contribution in [2.45, 2.75) is 39.8 Å². The molecule has 0 aromatic heterocycles. The minimum Gasteiger partial charge on any atom is -0.479 e. The molecule has 4 nitrogen and oxygen atoms in total. The Morgan fingerprint density at radius 3 is 2.75 bits per heavy atom. The number of benzene rings is 1. The third-order valence-electron chi connectivity index (χ3n) is 2.62. The molecule has 0 fully saturated rings. The van der Waals surface area contributed by atoms with Crippen LogP contribution in [-0.4, -0.2) is 25.2 Å². The van der Waals surface area contributed by atoms with E-state index in [1.807, 2.05) is 0 Å². The van der Waals surface area contributed by atoms with Crippen molar-refractivity contribution in [3.63, 3.8) is 0 Å². The number of halogens is 1. The zero-order chi connectivity index (χ0) is 15.0. The van der Waals surface area contributed by atoms with E-state index >= 15 is 0 Å². The molecule has 1 unspecified atom stereocenters. The molecule has 0 heterocycles. The van der Waals surface area contributed by atoms with Crippen LogP contribution in [0.4, 0.5) is 4.39 Å². The first-order valence-electron chi connectivity index (χ1n) is 6.90. The van der Waals surface area contributed by atoms with Gasteiger partial charge in [-0.1, -0.05) is 6.92 Å². The number of carbonyl (C=O) groups excluding carboxylic acids is 1. The molecule has 1 rings (SSSR count). The summed E-state index contributed by atoms with van der Waals surface area (Å²) in [5.74, 6) is -0.506. The van der Waals surface area contributed by atoms with Gasteiger partial charge in [-0.25, -0.2) is 9.18 Å². The molecule has 0 spiro atoms. The predicted octanol–water partition coefficient (Wildman–Crippen LogP) is 2.66. The lowest BCUT2D eigenvalue weighted by Crippen LogP contribution is -2.26. The summed E-state index contributed by atoms with van der Waals surface area (Å²) in [4.78, 5) is 11.5. The lowest BCUT2D eigenvalue weighted by molar-refractivity contribution is -0.150. The Morgan fingerprint density at radius 1 is 1.35 bits per heavy atom. The van der Waals surface area contributed by atoms with Crippen LogP contribution in [0.3, 0.4) is 0 Å². The molecule has 0 saturated heterocycles. The molecule has 1 aromatic rings. The SMILES string of the molecule is CCCNCc1cc(F)cc(OC(C)C(=O)OCC)c1. The van der Waals surface area contributed by atoms with Gasteiger partial charge in [-0.2, -0.15) is 0 Å². The van der Waals surface area contributed by atoms with Gasteiger partial charge < -0.3 is 14.8 Å². The van der Waals surface area contributed by atoms with Crippen molar-refractivity contribution in [3.8, 4) is 5.75 Å². The summed E-state index contributed by atoms with van der Waals surface area (Å²) in [5.41, 5.74) is 0.782. The highest BCUT2D eigenvalue weighted by atomic mass is 19.1. The Labute approximate surface area is 119 Å². The Bertz CT molecular complexity index is 437. The monoisotopic (exact) mass is 283 g/mol. The van der Waals surface area contributed by atoms with Gasteiger partial charge in [0.1, 0.15) is 11.6 Å². The summed E-state index contributed by atoms with van der Waals surface area (Å²) in [5, 5.41) is 3.19. The maximum Gasteiger partial charge on any atom is 0.347 e. The highest BCUT2D eigenvalue weighted by Gasteiger charge is 2.16. The zero-order valence-corrected chi connectivity index (χ0v) is 12.2. The number of carbonyl (C=O) groups is 1. The Morgan fingerprint density at radius 2 is 2.10 bits per heavy atom. The summed E-state index contributed by atoms with van der Waals surface area (Å²) in [7, 11) is 0. The van der Waals surface area contributed by atoms with Crippen LogP contribution in [0.5, 0.6) is 5.75 Å². The van der Waals surface area contributed by atoms with Crippen LogP contribution in [0, 0.1) is 5.82 Å². The quantitative estimate of drug-likeness (QED) is 0.588. The second kappa shape index (κ2) is 8.53. The topological polar surface area (TPSA) is 47.6 Å². The first kappa shape index (κ1) is 16.4. The summed E-state index contributed by atoms with van der Waals surface area (Å²) < 4.78 is 23.8. The Kier molecular flexibility index (Phi) is 7.01. The molecule has 0 radical (unpaired) electrons. The van der Waals surface area contributed by atoms with E-state index in [1.54, 1.807) is 19.9 Å². The van der Waals surface area contributed by atoms with E-state index < -0.39 is 12.1 Å². The fourth-order valence-electron chi connectivity index (χ4n) is 1.71. The smallest absolute Gasteiger partial charge is 0.347 e. The molecule has 1 aromatic carbocycles. The molecular formula is C15H22FNO3. The van der Waals surface area contributed by atoms with Crippen molar-refractivity contribution < 1.29 is 18.7 Å². The number of hydrogen-bond donors (Lipinski definition) is 1. The Balaban J connectivity index is 2.67. The molecule has 0 aliphatic heterocycles. The second-order valence-corrected chi connectivity index (χ2v) is 4.48. The number of nitrogens with one attached hydrogen (secondary N) is 1. The lowest BCUT2D eigenvalue weighted by Gasteiger charge is -2.14. The highest BCUT2D eigenvalue weighted by molar-refractivity contribution is 5.74. The van der Waals surface area contributed by atoms with Crippen LogP contribution in [0.2, 0.25) is 0 Å². The Hall–Kier alpha value is -1.62. The van der Waals surface area contributed by atoms with Crippen LogP contribution in [-0.2, 0) is 16.1 Å². The van der Waals surface area contributed by atoms with E-state index in [4.69, 9.17) is 9.47 Å². The largest absolute Gasteiger partial charge is 0.479 e. The van der Waals surface area contributed by atoms with Crippen LogP contribution in [0.25, 0.3) is 0 Å². The van der Waals surface area contributed by atoms with E-state index in [-0.39, 0.29) is 5.82 Å². The van der Waals surface area contributed by atoms with Crippen molar-refractivity contribution >= 4 is 5.97 Å². The van der Waals surface area contributed by atoms with Gasteiger partial charge in [0.25, 0.3) is 0 Å². The van der Waals surface area contributed by atoms with Gasteiger partial charge >= 0.3 is 5.97 Å².